The Kier molecular flexibility index (Phi) is 7.33. The van der Waals surface area contributed by atoms with Crippen LogP contribution in [0.4, 0.5) is 5.69 Å². The molecule has 0 radical (unpaired) electrons. The number of amides is 3. The van der Waals surface area contributed by atoms with Crippen LogP contribution < -0.4 is 10.6 Å². The minimum absolute atomic E-state index is 0.214. The van der Waals surface area contributed by atoms with Gasteiger partial charge in [-0.15, -0.1) is 0 Å². The van der Waals surface area contributed by atoms with Crippen LogP contribution in [0, 0.1) is 11.8 Å². The number of nitrogens with one attached hydrogen (secondary N) is 2. The maximum atomic E-state index is 14.2. The number of anilines is 1. The molecular formula is C27H29BrClN3O5. The number of alkyl halides is 1. The van der Waals surface area contributed by atoms with E-state index in [0.717, 1.165) is 6.42 Å². The van der Waals surface area contributed by atoms with Crippen LogP contribution in [0.1, 0.15) is 31.4 Å². The normalized spacial score (nSPS) is 30.8. The Morgan fingerprint density at radius 1 is 1.19 bits per heavy atom. The molecule has 5 rings (SSSR count). The molecule has 3 saturated heterocycles. The summed E-state index contributed by atoms with van der Waals surface area (Å²) in [5.74, 6) is -2.73. The van der Waals surface area contributed by atoms with Crippen molar-refractivity contribution in [2.45, 2.75) is 48.4 Å². The van der Waals surface area contributed by atoms with E-state index in [1.165, 1.54) is 4.90 Å². The van der Waals surface area contributed by atoms with Gasteiger partial charge in [0.2, 0.25) is 17.7 Å². The SMILES string of the molecule is CCCNC(=O)[C@H]1[C@@H]2OC3(CC2Br)C(C(=O)Nc2ccccc2Cl)N([C@H](CO)c2ccccc2)C(=O)[C@H]13. The number of benzene rings is 2. The number of fused-ring (bicyclic) bond motifs is 1. The highest BCUT2D eigenvalue weighted by Crippen LogP contribution is 2.61. The van der Waals surface area contributed by atoms with Crippen molar-refractivity contribution in [3.63, 3.8) is 0 Å². The Bertz CT molecular complexity index is 1200. The van der Waals surface area contributed by atoms with E-state index < -0.39 is 48.1 Å². The number of ether oxygens (including phenoxy) is 1. The number of halogens is 2. The van der Waals surface area contributed by atoms with Gasteiger partial charge in [0.25, 0.3) is 0 Å². The number of para-hydroxylation sites is 1. The van der Waals surface area contributed by atoms with Crippen LogP contribution in [0.2, 0.25) is 5.02 Å². The standard InChI is InChI=1S/C27H29BrClN3O5/c1-2-12-30-24(34)20-21-26(36)32(19(14-33)15-8-4-3-5-9-15)23(27(21)13-16(28)22(20)37-27)25(35)31-18-11-7-6-10-17(18)29/h3-11,16,19-23,33H,2,12-14H2,1H3,(H,30,34)(H,31,35)/t16?,19-,20-,21+,22-,23?,27?/m1/s1. The first-order valence-electron chi connectivity index (χ1n) is 12.5. The summed E-state index contributed by atoms with van der Waals surface area (Å²) >= 11 is 9.98. The number of hydrogen-bond acceptors (Lipinski definition) is 5. The first kappa shape index (κ1) is 26.2. The van der Waals surface area contributed by atoms with Crippen molar-refractivity contribution in [3.8, 4) is 0 Å². The molecule has 10 heteroatoms. The molecule has 37 heavy (non-hydrogen) atoms. The van der Waals surface area contributed by atoms with Crippen LogP contribution in [0.15, 0.2) is 54.6 Å². The number of likely N-dealkylation sites (tertiary alicyclic amines) is 1. The predicted octanol–water partition coefficient (Wildman–Crippen LogP) is 3.29. The first-order chi connectivity index (χ1) is 17.8. The second-order valence-corrected chi connectivity index (χ2v) is 11.4. The largest absolute Gasteiger partial charge is 0.394 e. The van der Waals surface area contributed by atoms with Crippen molar-refractivity contribution in [2.75, 3.05) is 18.5 Å². The lowest BCUT2D eigenvalue weighted by Gasteiger charge is -2.37. The zero-order valence-corrected chi connectivity index (χ0v) is 22.6. The monoisotopic (exact) mass is 589 g/mol. The quantitative estimate of drug-likeness (QED) is 0.409. The van der Waals surface area contributed by atoms with E-state index in [2.05, 4.69) is 26.6 Å². The zero-order valence-electron chi connectivity index (χ0n) is 20.3. The van der Waals surface area contributed by atoms with Crippen molar-refractivity contribution < 1.29 is 24.2 Å². The molecule has 196 valence electrons. The average Bonchev–Trinajstić information content (AvgIpc) is 3.49. The topological polar surface area (TPSA) is 108 Å². The lowest BCUT2D eigenvalue weighted by molar-refractivity contribution is -0.144. The maximum Gasteiger partial charge on any atom is 0.250 e. The number of aliphatic hydroxyl groups excluding tert-OH is 1. The molecule has 7 atom stereocenters. The molecule has 2 aromatic rings. The van der Waals surface area contributed by atoms with Crippen LogP contribution in [0.5, 0.6) is 0 Å². The molecule has 3 fully saturated rings. The summed E-state index contributed by atoms with van der Waals surface area (Å²) in [4.78, 5) is 42.7. The van der Waals surface area contributed by atoms with Crippen molar-refractivity contribution in [3.05, 3.63) is 65.2 Å². The smallest absolute Gasteiger partial charge is 0.250 e. The molecule has 3 N–H and O–H groups in total. The van der Waals surface area contributed by atoms with E-state index >= 15 is 0 Å². The molecule has 0 aromatic heterocycles. The van der Waals surface area contributed by atoms with Gasteiger partial charge in [-0.3, -0.25) is 14.4 Å². The number of carbonyl (C=O) groups is 3. The molecule has 3 aliphatic heterocycles. The lowest BCUT2D eigenvalue weighted by Crippen LogP contribution is -2.55. The average molecular weight is 591 g/mol. The fourth-order valence-corrected chi connectivity index (χ4v) is 7.29. The van der Waals surface area contributed by atoms with E-state index in [-0.39, 0.29) is 16.6 Å². The Balaban J connectivity index is 1.60. The second kappa shape index (κ2) is 10.4. The van der Waals surface area contributed by atoms with E-state index in [9.17, 15) is 19.5 Å². The van der Waals surface area contributed by atoms with Crippen LogP contribution >= 0.6 is 27.5 Å². The molecule has 8 nitrogen and oxygen atoms in total. The van der Waals surface area contributed by atoms with Gasteiger partial charge in [0.1, 0.15) is 11.6 Å². The lowest BCUT2D eigenvalue weighted by atomic mass is 9.70. The first-order valence-corrected chi connectivity index (χ1v) is 13.8. The highest BCUT2D eigenvalue weighted by Gasteiger charge is 2.77. The Morgan fingerprint density at radius 2 is 1.89 bits per heavy atom. The van der Waals surface area contributed by atoms with Gasteiger partial charge >= 0.3 is 0 Å². The fraction of sp³-hybridized carbons (Fsp3) is 0.444. The minimum atomic E-state index is -1.24. The number of rotatable bonds is 8. The van der Waals surface area contributed by atoms with Crippen molar-refractivity contribution in [2.24, 2.45) is 11.8 Å². The molecule has 3 amide bonds. The van der Waals surface area contributed by atoms with Gasteiger partial charge in [-0.05, 0) is 30.5 Å². The number of nitrogens with zero attached hydrogens (tertiary/aromatic N) is 1. The molecule has 2 bridgehead atoms. The third-order valence-electron chi connectivity index (χ3n) is 7.65. The van der Waals surface area contributed by atoms with Crippen LogP contribution in [-0.2, 0) is 19.1 Å². The summed E-state index contributed by atoms with van der Waals surface area (Å²) in [5.41, 5.74) is -0.151. The summed E-state index contributed by atoms with van der Waals surface area (Å²) in [6.45, 7) is 2.03. The highest BCUT2D eigenvalue weighted by molar-refractivity contribution is 9.09. The van der Waals surface area contributed by atoms with Crippen LogP contribution in [0.25, 0.3) is 0 Å². The summed E-state index contributed by atoms with van der Waals surface area (Å²) < 4.78 is 6.50. The second-order valence-electron chi connectivity index (χ2n) is 9.78. The fourth-order valence-electron chi connectivity index (χ4n) is 6.16. The predicted molar refractivity (Wildman–Crippen MR) is 142 cm³/mol. The third-order valence-corrected chi connectivity index (χ3v) is 8.83. The summed E-state index contributed by atoms with van der Waals surface area (Å²) in [6.07, 6.45) is 0.574. The van der Waals surface area contributed by atoms with Gasteiger partial charge in [-0.1, -0.05) is 76.9 Å². The number of carbonyl (C=O) groups excluding carboxylic acids is 3. The van der Waals surface area contributed by atoms with Crippen LogP contribution in [0.3, 0.4) is 0 Å². The van der Waals surface area contributed by atoms with Gasteiger partial charge in [0.05, 0.1) is 41.3 Å². The van der Waals surface area contributed by atoms with Crippen molar-refractivity contribution in [1.29, 1.82) is 0 Å². The molecule has 2 aromatic carbocycles. The minimum Gasteiger partial charge on any atom is -0.394 e. The van der Waals surface area contributed by atoms with Gasteiger partial charge < -0.3 is 25.4 Å². The Labute approximate surface area is 228 Å². The molecular weight excluding hydrogens is 562 g/mol. The molecule has 0 aliphatic carbocycles. The van der Waals surface area contributed by atoms with E-state index in [0.29, 0.717) is 29.2 Å². The van der Waals surface area contributed by atoms with Gasteiger partial charge in [0, 0.05) is 11.4 Å². The number of hydrogen-bond donors (Lipinski definition) is 3. The molecule has 3 heterocycles. The molecule has 1 spiro atoms. The Hall–Kier alpha value is -2.46. The van der Waals surface area contributed by atoms with E-state index in [4.69, 9.17) is 16.3 Å². The summed E-state index contributed by atoms with van der Waals surface area (Å²) in [7, 11) is 0. The van der Waals surface area contributed by atoms with Gasteiger partial charge in [-0.2, -0.15) is 0 Å². The molecule has 3 aliphatic rings. The van der Waals surface area contributed by atoms with E-state index in [1.807, 2.05) is 25.1 Å². The summed E-state index contributed by atoms with van der Waals surface area (Å²) in [5, 5.41) is 16.6. The Morgan fingerprint density at radius 3 is 2.57 bits per heavy atom. The van der Waals surface area contributed by atoms with Gasteiger partial charge in [0.15, 0.2) is 0 Å². The maximum absolute atomic E-state index is 14.2. The summed E-state index contributed by atoms with van der Waals surface area (Å²) in [6, 6.07) is 14.0. The zero-order chi connectivity index (χ0) is 26.3. The van der Waals surface area contributed by atoms with Crippen LogP contribution in [-0.4, -0.2) is 63.5 Å². The molecule has 3 unspecified atom stereocenters. The van der Waals surface area contributed by atoms with Crippen molar-refractivity contribution >= 4 is 50.9 Å². The van der Waals surface area contributed by atoms with Gasteiger partial charge in [-0.25, -0.2) is 0 Å². The third kappa shape index (κ3) is 4.26. The molecule has 0 saturated carbocycles. The van der Waals surface area contributed by atoms with Crippen molar-refractivity contribution in [1.82, 2.24) is 10.2 Å². The van der Waals surface area contributed by atoms with E-state index in [1.54, 1.807) is 36.4 Å². The number of aliphatic hydroxyl groups is 1. The highest BCUT2D eigenvalue weighted by atomic mass is 79.9.